The molecule has 0 saturated heterocycles. The highest BCUT2D eigenvalue weighted by molar-refractivity contribution is 5.74. The van der Waals surface area contributed by atoms with Crippen LogP contribution in [-0.4, -0.2) is 9.97 Å². The van der Waals surface area contributed by atoms with Gasteiger partial charge in [0.1, 0.15) is 11.3 Å². The van der Waals surface area contributed by atoms with Crippen molar-refractivity contribution in [2.24, 2.45) is 0 Å². The maximum absolute atomic E-state index is 13.2. The third kappa shape index (κ3) is 3.35. The first-order chi connectivity index (χ1) is 12.1. The van der Waals surface area contributed by atoms with Crippen molar-refractivity contribution in [3.05, 3.63) is 63.9 Å². The summed E-state index contributed by atoms with van der Waals surface area (Å²) >= 11 is 0. The van der Waals surface area contributed by atoms with Crippen molar-refractivity contribution in [1.29, 1.82) is 0 Å². The van der Waals surface area contributed by atoms with E-state index in [4.69, 9.17) is 4.74 Å². The fourth-order valence-corrected chi connectivity index (χ4v) is 2.33. The smallest absolute Gasteiger partial charge is 0.420 e. The van der Waals surface area contributed by atoms with Gasteiger partial charge < -0.3 is 9.72 Å². The minimum Gasteiger partial charge on any atom is -0.434 e. The summed E-state index contributed by atoms with van der Waals surface area (Å²) in [5.74, 6) is -1.96. The van der Waals surface area contributed by atoms with Crippen molar-refractivity contribution in [3.63, 3.8) is 0 Å². The van der Waals surface area contributed by atoms with Gasteiger partial charge in [-0.3, -0.25) is 4.79 Å². The highest BCUT2D eigenvalue weighted by atomic mass is 19.4. The van der Waals surface area contributed by atoms with Crippen LogP contribution in [0.4, 0.5) is 26.3 Å². The number of rotatable bonds is 2. The number of aromatic amines is 1. The van der Waals surface area contributed by atoms with Crippen LogP contribution in [0.15, 0.2) is 47.3 Å². The van der Waals surface area contributed by atoms with E-state index >= 15 is 0 Å². The number of para-hydroxylation sites is 2. The number of nitrogens with one attached hydrogen (secondary N) is 1. The zero-order chi connectivity index (χ0) is 19.1. The molecule has 0 aliphatic carbocycles. The van der Waals surface area contributed by atoms with E-state index in [9.17, 15) is 31.1 Å². The molecule has 0 fully saturated rings. The van der Waals surface area contributed by atoms with Crippen LogP contribution in [0.3, 0.4) is 0 Å². The number of nitrogens with zero attached hydrogens (tertiary/aromatic N) is 1. The second-order valence-electron chi connectivity index (χ2n) is 5.16. The summed E-state index contributed by atoms with van der Waals surface area (Å²) in [5.41, 5.74) is -4.43. The van der Waals surface area contributed by atoms with Gasteiger partial charge in [0.15, 0.2) is 0 Å². The fourth-order valence-electron chi connectivity index (χ4n) is 2.33. The molecule has 10 heteroatoms. The Labute approximate surface area is 141 Å². The second kappa shape index (κ2) is 6.04. The molecule has 26 heavy (non-hydrogen) atoms. The largest absolute Gasteiger partial charge is 0.434 e. The zero-order valence-corrected chi connectivity index (χ0v) is 12.6. The Balaban J connectivity index is 2.17. The van der Waals surface area contributed by atoms with E-state index < -0.39 is 40.7 Å². The number of aromatic nitrogens is 2. The first-order valence-electron chi connectivity index (χ1n) is 7.01. The number of halogens is 6. The third-order valence-corrected chi connectivity index (χ3v) is 3.39. The normalized spacial score (nSPS) is 12.4. The Morgan fingerprint density at radius 1 is 0.885 bits per heavy atom. The summed E-state index contributed by atoms with van der Waals surface area (Å²) in [5, 5.41) is 0. The lowest BCUT2D eigenvalue weighted by molar-refractivity contribution is -0.162. The van der Waals surface area contributed by atoms with Crippen LogP contribution in [0.2, 0.25) is 0 Å². The lowest BCUT2D eigenvalue weighted by Gasteiger charge is -2.18. The monoisotopic (exact) mass is 374 g/mol. The molecule has 0 unspecified atom stereocenters. The van der Waals surface area contributed by atoms with Gasteiger partial charge >= 0.3 is 17.9 Å². The number of hydrogen-bond acceptors (Lipinski definition) is 3. The zero-order valence-electron chi connectivity index (χ0n) is 12.6. The average Bonchev–Trinajstić information content (AvgIpc) is 2.53. The molecule has 0 amide bonds. The Kier molecular flexibility index (Phi) is 4.13. The van der Waals surface area contributed by atoms with Gasteiger partial charge in [-0.2, -0.15) is 26.3 Å². The highest BCUT2D eigenvalue weighted by Gasteiger charge is 2.45. The van der Waals surface area contributed by atoms with Crippen molar-refractivity contribution in [2.45, 2.75) is 12.4 Å². The summed E-state index contributed by atoms with van der Waals surface area (Å²) in [6.07, 6.45) is -10.6. The Morgan fingerprint density at radius 2 is 1.58 bits per heavy atom. The van der Waals surface area contributed by atoms with Crippen LogP contribution in [0.5, 0.6) is 11.6 Å². The minimum absolute atomic E-state index is 0.197. The Hall–Kier alpha value is -3.04. The highest BCUT2D eigenvalue weighted by Crippen LogP contribution is 2.45. The van der Waals surface area contributed by atoms with E-state index in [0.717, 1.165) is 6.07 Å². The van der Waals surface area contributed by atoms with Crippen LogP contribution >= 0.6 is 0 Å². The predicted octanol–water partition coefficient (Wildman–Crippen LogP) is 4.75. The van der Waals surface area contributed by atoms with Crippen molar-refractivity contribution >= 4 is 11.0 Å². The van der Waals surface area contributed by atoms with Crippen molar-refractivity contribution in [1.82, 2.24) is 9.97 Å². The third-order valence-electron chi connectivity index (χ3n) is 3.39. The van der Waals surface area contributed by atoms with Gasteiger partial charge in [0.2, 0.25) is 0 Å². The fraction of sp³-hybridized carbons (Fsp3) is 0.125. The molecule has 0 aliphatic heterocycles. The molecule has 1 heterocycles. The van der Waals surface area contributed by atoms with E-state index in [2.05, 4.69) is 9.97 Å². The van der Waals surface area contributed by atoms with Gasteiger partial charge in [-0.15, -0.1) is 0 Å². The Bertz CT molecular complexity index is 1020. The number of hydrogen-bond donors (Lipinski definition) is 1. The van der Waals surface area contributed by atoms with E-state index in [1.807, 2.05) is 0 Å². The molecule has 0 radical (unpaired) electrons. The van der Waals surface area contributed by atoms with Crippen molar-refractivity contribution in [2.75, 3.05) is 0 Å². The molecular weight excluding hydrogens is 366 g/mol. The van der Waals surface area contributed by atoms with E-state index in [1.165, 1.54) is 12.1 Å². The Morgan fingerprint density at radius 3 is 2.23 bits per heavy atom. The molecule has 2 aromatic carbocycles. The number of H-pyrrole nitrogens is 1. The van der Waals surface area contributed by atoms with Crippen LogP contribution in [-0.2, 0) is 12.4 Å². The van der Waals surface area contributed by atoms with Gasteiger partial charge in [0.05, 0.1) is 16.6 Å². The van der Waals surface area contributed by atoms with Crippen LogP contribution in [0, 0.1) is 0 Å². The molecular formula is C16H8F6N2O2. The van der Waals surface area contributed by atoms with Gasteiger partial charge in [-0.25, -0.2) is 4.98 Å². The van der Waals surface area contributed by atoms with Crippen LogP contribution < -0.4 is 10.3 Å². The number of ether oxygens (including phenoxy) is 1. The van der Waals surface area contributed by atoms with Gasteiger partial charge in [0, 0.05) is 0 Å². The van der Waals surface area contributed by atoms with Crippen LogP contribution in [0.25, 0.3) is 11.0 Å². The molecule has 1 N–H and O–H groups in total. The number of benzene rings is 2. The molecule has 0 spiro atoms. The standard InChI is InChI=1S/C16H8F6N2O2/c17-15(18,19)8-4-3-7-11(12(8)16(20,21)22)26-14-13(25)23-9-5-1-2-6-10(9)24-14/h1-7H,(H,23,25). The van der Waals surface area contributed by atoms with Crippen molar-refractivity contribution in [3.8, 4) is 11.6 Å². The number of alkyl halides is 6. The summed E-state index contributed by atoms with van der Waals surface area (Å²) < 4.78 is 83.3. The molecule has 3 rings (SSSR count). The maximum atomic E-state index is 13.2. The molecule has 1 aromatic heterocycles. The molecule has 3 aromatic rings. The van der Waals surface area contributed by atoms with E-state index in [1.54, 1.807) is 12.1 Å². The van der Waals surface area contributed by atoms with E-state index in [-0.39, 0.29) is 11.6 Å². The maximum Gasteiger partial charge on any atom is 0.420 e. The molecule has 136 valence electrons. The summed E-state index contributed by atoms with van der Waals surface area (Å²) in [4.78, 5) is 18.0. The van der Waals surface area contributed by atoms with Crippen LogP contribution in [0.1, 0.15) is 11.1 Å². The molecule has 4 nitrogen and oxygen atoms in total. The first-order valence-corrected chi connectivity index (χ1v) is 7.01. The number of fused-ring (bicyclic) bond motifs is 1. The van der Waals surface area contributed by atoms with Crippen molar-refractivity contribution < 1.29 is 31.1 Å². The lowest BCUT2D eigenvalue weighted by Crippen LogP contribution is -2.19. The minimum atomic E-state index is -5.36. The van der Waals surface area contributed by atoms with Gasteiger partial charge in [-0.05, 0) is 24.3 Å². The van der Waals surface area contributed by atoms with E-state index in [0.29, 0.717) is 11.6 Å². The quantitative estimate of drug-likeness (QED) is 0.659. The SMILES string of the molecule is O=c1[nH]c2ccccc2nc1Oc1cccc(C(F)(F)F)c1C(F)(F)F. The summed E-state index contributed by atoms with van der Waals surface area (Å²) in [6.45, 7) is 0. The second-order valence-corrected chi connectivity index (χ2v) is 5.16. The van der Waals surface area contributed by atoms with Gasteiger partial charge in [0.25, 0.3) is 5.88 Å². The molecule has 0 atom stereocenters. The lowest BCUT2D eigenvalue weighted by atomic mass is 10.1. The topological polar surface area (TPSA) is 55.0 Å². The van der Waals surface area contributed by atoms with Gasteiger partial charge in [-0.1, -0.05) is 18.2 Å². The molecule has 0 bridgehead atoms. The molecule has 0 aliphatic rings. The average molecular weight is 374 g/mol. The first kappa shape index (κ1) is 17.8. The molecule has 0 saturated carbocycles. The summed E-state index contributed by atoms with van der Waals surface area (Å²) in [7, 11) is 0. The predicted molar refractivity (Wildman–Crippen MR) is 78.9 cm³/mol. The summed E-state index contributed by atoms with van der Waals surface area (Å²) in [6, 6.07) is 7.83.